The number of aliphatic hydroxyl groups excluding tert-OH is 1. The van der Waals surface area contributed by atoms with Crippen molar-refractivity contribution in [2.75, 3.05) is 13.2 Å². The number of benzene rings is 3. The van der Waals surface area contributed by atoms with E-state index in [9.17, 15) is 14.7 Å². The van der Waals surface area contributed by atoms with Crippen molar-refractivity contribution in [2.45, 2.75) is 31.5 Å². The van der Waals surface area contributed by atoms with Gasteiger partial charge in [0.05, 0.1) is 31.4 Å². The number of hydrogen-bond donors (Lipinski definition) is 1. The van der Waals surface area contributed by atoms with Crippen molar-refractivity contribution in [3.8, 4) is 0 Å². The molecule has 0 bridgehead atoms. The van der Waals surface area contributed by atoms with E-state index in [2.05, 4.69) is 0 Å². The van der Waals surface area contributed by atoms with Gasteiger partial charge in [0.25, 0.3) is 0 Å². The van der Waals surface area contributed by atoms with Crippen LogP contribution in [-0.4, -0.2) is 53.5 Å². The smallest absolute Gasteiger partial charge is 0.410 e. The van der Waals surface area contributed by atoms with E-state index in [-0.39, 0.29) is 19.8 Å². The summed E-state index contributed by atoms with van der Waals surface area (Å²) in [5.74, 6) is -0.572. The van der Waals surface area contributed by atoms with E-state index in [1.807, 2.05) is 60.7 Å². The Morgan fingerprint density at radius 2 is 1.38 bits per heavy atom. The van der Waals surface area contributed by atoms with E-state index in [0.29, 0.717) is 12.2 Å². The monoisotopic (exact) mass is 461 g/mol. The molecule has 0 unspecified atom stereocenters. The van der Waals surface area contributed by atoms with Crippen molar-refractivity contribution < 1.29 is 28.9 Å². The Labute approximate surface area is 198 Å². The zero-order valence-electron chi connectivity index (χ0n) is 18.7. The van der Waals surface area contributed by atoms with Crippen LogP contribution in [0.5, 0.6) is 0 Å². The molecule has 0 radical (unpaired) electrons. The fraction of sp³-hybridized carbons (Fsp3) is 0.259. The Morgan fingerprint density at radius 3 is 2.00 bits per heavy atom. The number of amides is 1. The highest BCUT2D eigenvalue weighted by Crippen LogP contribution is 2.25. The van der Waals surface area contributed by atoms with E-state index in [1.54, 1.807) is 30.3 Å². The zero-order chi connectivity index (χ0) is 23.8. The van der Waals surface area contributed by atoms with Crippen LogP contribution >= 0.6 is 0 Å². The molecule has 0 aliphatic carbocycles. The summed E-state index contributed by atoms with van der Waals surface area (Å²) in [6.45, 7) is 0.455. The van der Waals surface area contributed by atoms with E-state index in [1.165, 1.54) is 4.90 Å². The first kappa shape index (κ1) is 23.5. The van der Waals surface area contributed by atoms with E-state index >= 15 is 0 Å². The van der Waals surface area contributed by atoms with Gasteiger partial charge < -0.3 is 19.3 Å². The maximum atomic E-state index is 12.9. The third kappa shape index (κ3) is 6.01. The van der Waals surface area contributed by atoms with Crippen LogP contribution in [0.15, 0.2) is 91.0 Å². The second-order valence-corrected chi connectivity index (χ2v) is 8.06. The number of carbonyl (C=O) groups is 2. The molecule has 1 N–H and O–H groups in total. The molecule has 1 aliphatic rings. The van der Waals surface area contributed by atoms with Crippen LogP contribution in [-0.2, 0) is 27.4 Å². The predicted molar refractivity (Wildman–Crippen MR) is 125 cm³/mol. The van der Waals surface area contributed by atoms with Crippen LogP contribution in [0.25, 0.3) is 0 Å². The highest BCUT2D eigenvalue weighted by Gasteiger charge is 2.46. The van der Waals surface area contributed by atoms with Crippen LogP contribution in [0.4, 0.5) is 4.79 Å². The quantitative estimate of drug-likeness (QED) is 0.514. The van der Waals surface area contributed by atoms with Crippen LogP contribution in [0.3, 0.4) is 0 Å². The Bertz CT molecular complexity index is 1060. The van der Waals surface area contributed by atoms with E-state index in [0.717, 1.165) is 11.1 Å². The van der Waals surface area contributed by atoms with Gasteiger partial charge in [0.1, 0.15) is 12.7 Å². The molecular formula is C27H27NO6. The molecular weight excluding hydrogens is 434 g/mol. The maximum Gasteiger partial charge on any atom is 0.410 e. The van der Waals surface area contributed by atoms with Crippen LogP contribution in [0.1, 0.15) is 21.5 Å². The summed E-state index contributed by atoms with van der Waals surface area (Å²) in [6, 6.07) is 26.8. The lowest BCUT2D eigenvalue weighted by Crippen LogP contribution is -2.45. The molecule has 1 amide bonds. The third-order valence-electron chi connectivity index (χ3n) is 5.63. The molecule has 3 aromatic carbocycles. The first-order chi connectivity index (χ1) is 16.6. The van der Waals surface area contributed by atoms with Gasteiger partial charge in [-0.2, -0.15) is 0 Å². The molecule has 1 saturated heterocycles. The molecule has 4 rings (SSSR count). The average Bonchev–Trinajstić information content (AvgIpc) is 3.19. The number of hydrogen-bond acceptors (Lipinski definition) is 6. The highest BCUT2D eigenvalue weighted by molar-refractivity contribution is 5.89. The minimum Gasteiger partial charge on any atom is -0.454 e. The van der Waals surface area contributed by atoms with Gasteiger partial charge in [0.15, 0.2) is 6.10 Å². The largest absolute Gasteiger partial charge is 0.454 e. The van der Waals surface area contributed by atoms with E-state index < -0.39 is 30.3 Å². The summed E-state index contributed by atoms with van der Waals surface area (Å²) >= 11 is 0. The Morgan fingerprint density at radius 1 is 0.824 bits per heavy atom. The first-order valence-corrected chi connectivity index (χ1v) is 11.1. The van der Waals surface area contributed by atoms with Crippen molar-refractivity contribution in [2.24, 2.45) is 0 Å². The van der Waals surface area contributed by atoms with Crippen LogP contribution in [0, 0.1) is 0 Å². The number of carbonyl (C=O) groups excluding carboxylic acids is 2. The molecule has 34 heavy (non-hydrogen) atoms. The molecule has 1 aliphatic heterocycles. The minimum absolute atomic E-state index is 0.0281. The zero-order valence-corrected chi connectivity index (χ0v) is 18.7. The molecule has 1 fully saturated rings. The van der Waals surface area contributed by atoms with Crippen LogP contribution < -0.4 is 0 Å². The topological polar surface area (TPSA) is 85.3 Å². The third-order valence-corrected chi connectivity index (χ3v) is 5.63. The summed E-state index contributed by atoms with van der Waals surface area (Å²) in [6.07, 6.45) is -2.62. The first-order valence-electron chi connectivity index (χ1n) is 11.1. The number of β-amino-alcohol motifs (C(OH)–C–C–N with tert-alkyl or cyclic N) is 1. The Balaban J connectivity index is 1.45. The van der Waals surface area contributed by atoms with Gasteiger partial charge in [-0.3, -0.25) is 4.90 Å². The van der Waals surface area contributed by atoms with Gasteiger partial charge in [-0.15, -0.1) is 0 Å². The molecule has 0 saturated carbocycles. The SMILES string of the molecule is O=C(O[C@H]1[C@H](O)CN(C(=O)OCc2ccccc2)[C@@H]1COCc1ccccc1)c1ccccc1. The number of aliphatic hydroxyl groups is 1. The van der Waals surface area contributed by atoms with Crippen molar-refractivity contribution in [3.05, 3.63) is 108 Å². The number of ether oxygens (including phenoxy) is 3. The lowest BCUT2D eigenvalue weighted by molar-refractivity contribution is -0.0285. The molecule has 1 heterocycles. The van der Waals surface area contributed by atoms with Crippen molar-refractivity contribution in [3.63, 3.8) is 0 Å². The Kier molecular flexibility index (Phi) is 7.91. The minimum atomic E-state index is -1.07. The van der Waals surface area contributed by atoms with Gasteiger partial charge in [-0.25, -0.2) is 9.59 Å². The molecule has 0 spiro atoms. The van der Waals surface area contributed by atoms with E-state index in [4.69, 9.17) is 14.2 Å². The van der Waals surface area contributed by atoms with Gasteiger partial charge in [0, 0.05) is 0 Å². The highest BCUT2D eigenvalue weighted by atomic mass is 16.6. The lowest BCUT2D eigenvalue weighted by Gasteiger charge is -2.27. The Hall–Kier alpha value is -3.68. The summed E-state index contributed by atoms with van der Waals surface area (Å²) < 4.78 is 17.0. The molecule has 7 heteroatoms. The lowest BCUT2D eigenvalue weighted by atomic mass is 10.1. The van der Waals surface area contributed by atoms with Gasteiger partial charge in [-0.1, -0.05) is 78.9 Å². The normalized spacial score (nSPS) is 19.6. The predicted octanol–water partition coefficient (Wildman–Crippen LogP) is 3.81. The fourth-order valence-electron chi connectivity index (χ4n) is 3.87. The number of rotatable bonds is 8. The second kappa shape index (κ2) is 11.4. The fourth-order valence-corrected chi connectivity index (χ4v) is 3.87. The maximum absolute atomic E-state index is 12.9. The number of nitrogens with zero attached hydrogens (tertiary/aromatic N) is 1. The van der Waals surface area contributed by atoms with Crippen molar-refractivity contribution in [1.29, 1.82) is 0 Å². The van der Waals surface area contributed by atoms with Gasteiger partial charge in [-0.05, 0) is 23.3 Å². The van der Waals surface area contributed by atoms with Crippen molar-refractivity contribution >= 4 is 12.1 Å². The molecule has 3 atom stereocenters. The summed E-state index contributed by atoms with van der Waals surface area (Å²) in [7, 11) is 0. The molecule has 7 nitrogen and oxygen atoms in total. The number of likely N-dealkylation sites (tertiary alicyclic amines) is 1. The summed E-state index contributed by atoms with van der Waals surface area (Å²) in [5.41, 5.74) is 2.18. The summed E-state index contributed by atoms with van der Waals surface area (Å²) in [5, 5.41) is 10.7. The average molecular weight is 462 g/mol. The summed E-state index contributed by atoms with van der Waals surface area (Å²) in [4.78, 5) is 26.9. The molecule has 3 aromatic rings. The van der Waals surface area contributed by atoms with Gasteiger partial charge in [0.2, 0.25) is 0 Å². The molecule has 0 aromatic heterocycles. The number of esters is 1. The van der Waals surface area contributed by atoms with Crippen LogP contribution in [0.2, 0.25) is 0 Å². The van der Waals surface area contributed by atoms with Gasteiger partial charge >= 0.3 is 12.1 Å². The van der Waals surface area contributed by atoms with Crippen molar-refractivity contribution in [1.82, 2.24) is 4.90 Å². The standard InChI is InChI=1S/C27H27NO6/c29-24-16-28(27(31)33-18-21-12-6-2-7-13-21)23(19-32-17-20-10-4-1-5-11-20)25(24)34-26(30)22-14-8-3-9-15-22/h1-15,23-25,29H,16-19H2/t23-,24-,25-/m1/s1. The second-order valence-electron chi connectivity index (χ2n) is 8.06. The molecule has 176 valence electrons.